The first-order chi connectivity index (χ1) is 16.1. The molecule has 3 rings (SSSR count). The number of nitrogens with one attached hydrogen (secondary N) is 1. The minimum Gasteiger partial charge on any atom is -0.382 e. The number of amides is 3. The zero-order valence-electron chi connectivity index (χ0n) is 18.3. The topological polar surface area (TPSA) is 90.0 Å². The molecule has 0 aromatic heterocycles. The lowest BCUT2D eigenvalue weighted by Gasteiger charge is -2.34. The van der Waals surface area contributed by atoms with Crippen LogP contribution in [0.2, 0.25) is 0 Å². The molecule has 34 heavy (non-hydrogen) atoms. The fourth-order valence-electron chi connectivity index (χ4n) is 3.58. The maximum Gasteiger partial charge on any atom is 0.416 e. The Hall–Kier alpha value is -3.66. The monoisotopic (exact) mass is 475 g/mol. The van der Waals surface area contributed by atoms with Crippen molar-refractivity contribution in [2.24, 2.45) is 0 Å². The van der Waals surface area contributed by atoms with Crippen molar-refractivity contribution in [3.63, 3.8) is 0 Å². The lowest BCUT2D eigenvalue weighted by atomic mass is 10.0. The van der Waals surface area contributed by atoms with Crippen molar-refractivity contribution >= 4 is 23.4 Å². The molecule has 0 saturated heterocycles. The molecule has 0 spiro atoms. The summed E-state index contributed by atoms with van der Waals surface area (Å²) < 4.78 is 39.8. The van der Waals surface area contributed by atoms with Crippen LogP contribution in [0.4, 0.5) is 13.2 Å². The van der Waals surface area contributed by atoms with Gasteiger partial charge in [0.2, 0.25) is 17.7 Å². The Bertz CT molecular complexity index is 1060. The van der Waals surface area contributed by atoms with Crippen molar-refractivity contribution < 1.29 is 32.7 Å². The van der Waals surface area contributed by atoms with Crippen molar-refractivity contribution in [3.05, 3.63) is 78.0 Å². The summed E-state index contributed by atoms with van der Waals surface area (Å²) in [4.78, 5) is 39.7. The van der Waals surface area contributed by atoms with Gasteiger partial charge in [-0.25, -0.2) is 0 Å². The molecular weight excluding hydrogens is 451 g/mol. The Morgan fingerprint density at radius 3 is 2.21 bits per heavy atom. The second-order valence-corrected chi connectivity index (χ2v) is 7.86. The largest absolute Gasteiger partial charge is 0.416 e. The molecule has 10 heteroatoms. The van der Waals surface area contributed by atoms with Crippen LogP contribution in [0.5, 0.6) is 0 Å². The summed E-state index contributed by atoms with van der Waals surface area (Å²) in [5.41, 5.74) is 1.30. The summed E-state index contributed by atoms with van der Waals surface area (Å²) in [5, 5.41) is 12.1. The van der Waals surface area contributed by atoms with Gasteiger partial charge in [0.05, 0.1) is 11.7 Å². The van der Waals surface area contributed by atoms with E-state index < -0.39 is 36.7 Å². The number of hydrogen-bond acceptors (Lipinski definition) is 4. The van der Waals surface area contributed by atoms with E-state index in [4.69, 9.17) is 0 Å². The zero-order chi connectivity index (χ0) is 24.9. The predicted octanol–water partition coefficient (Wildman–Crippen LogP) is 2.33. The zero-order valence-corrected chi connectivity index (χ0v) is 18.3. The number of nitrogens with zero attached hydrogens (tertiary/aromatic N) is 2. The number of hydrogen-bond donors (Lipinski definition) is 2. The summed E-state index contributed by atoms with van der Waals surface area (Å²) in [5.74, 6) is -1.82. The highest BCUT2D eigenvalue weighted by molar-refractivity contribution is 5.97. The molecule has 7 nitrogen and oxygen atoms in total. The van der Waals surface area contributed by atoms with Crippen molar-refractivity contribution in [1.82, 2.24) is 15.1 Å². The Kier molecular flexibility index (Phi) is 7.72. The van der Waals surface area contributed by atoms with Gasteiger partial charge in [-0.2, -0.15) is 13.2 Å². The van der Waals surface area contributed by atoms with Gasteiger partial charge < -0.3 is 15.3 Å². The minimum absolute atomic E-state index is 0.262. The Morgan fingerprint density at radius 1 is 1.06 bits per heavy atom. The lowest BCUT2D eigenvalue weighted by molar-refractivity contribution is -0.212. The van der Waals surface area contributed by atoms with Crippen LogP contribution in [0.15, 0.2) is 66.9 Å². The molecule has 0 aliphatic carbocycles. The van der Waals surface area contributed by atoms with Gasteiger partial charge in [-0.15, -0.1) is 0 Å². The highest BCUT2D eigenvalue weighted by Gasteiger charge is 2.44. The van der Waals surface area contributed by atoms with Gasteiger partial charge in [0.1, 0.15) is 13.1 Å². The molecule has 0 bridgehead atoms. The highest BCUT2D eigenvalue weighted by Crippen LogP contribution is 2.26. The molecule has 180 valence electrons. The first-order valence-electron chi connectivity index (χ1n) is 10.5. The number of aliphatic hydroxyl groups is 1. The Balaban J connectivity index is 1.83. The molecule has 0 fully saturated rings. The number of benzene rings is 2. The second kappa shape index (κ2) is 10.5. The summed E-state index contributed by atoms with van der Waals surface area (Å²) in [6.07, 6.45) is -6.59. The molecule has 0 saturated carbocycles. The van der Waals surface area contributed by atoms with E-state index in [1.165, 1.54) is 18.0 Å². The third-order valence-electron chi connectivity index (χ3n) is 5.31. The number of halogens is 3. The average molecular weight is 475 g/mol. The molecular formula is C24H24F3N3O4. The van der Waals surface area contributed by atoms with Crippen molar-refractivity contribution in [2.75, 3.05) is 13.1 Å². The summed E-state index contributed by atoms with van der Waals surface area (Å²) in [7, 11) is 0. The molecule has 1 aliphatic heterocycles. The van der Waals surface area contributed by atoms with Crippen molar-refractivity contribution in [2.45, 2.75) is 31.7 Å². The molecule has 2 aromatic rings. The van der Waals surface area contributed by atoms with Crippen LogP contribution in [0, 0.1) is 0 Å². The van der Waals surface area contributed by atoms with Crippen LogP contribution in [-0.4, -0.2) is 64.0 Å². The maximum absolute atomic E-state index is 13.3. The van der Waals surface area contributed by atoms with Crippen LogP contribution in [0.3, 0.4) is 0 Å². The van der Waals surface area contributed by atoms with Crippen LogP contribution in [-0.2, 0) is 20.8 Å². The molecule has 0 radical (unpaired) electrons. The standard InChI is InChI=1S/C24H24F3N3O4/c1-16(31)29-13-20(18-10-6-3-7-11-18)30(22(33)15-29)14-21(32)28-19(23(34)24(25,26)27)12-17-8-4-2-5-9-17/h2-11,13,19,23,34H,12,14-15H2,1H3,(H,28,32). The van der Waals surface area contributed by atoms with E-state index in [2.05, 4.69) is 5.32 Å². The van der Waals surface area contributed by atoms with Gasteiger partial charge in [-0.05, 0) is 17.5 Å². The number of alkyl halides is 3. The number of aliphatic hydroxyl groups excluding tert-OH is 1. The van der Waals surface area contributed by atoms with Gasteiger partial charge in [0.15, 0.2) is 6.10 Å². The normalized spacial score (nSPS) is 16.0. The molecule has 1 heterocycles. The SMILES string of the molecule is CC(=O)N1C=C(c2ccccc2)N(CC(=O)NC(Cc2ccccc2)C(O)C(F)(F)F)C(=O)C1. The van der Waals surface area contributed by atoms with Gasteiger partial charge in [-0.3, -0.25) is 19.3 Å². The Morgan fingerprint density at radius 2 is 1.65 bits per heavy atom. The van der Waals surface area contributed by atoms with E-state index in [9.17, 15) is 32.7 Å². The first-order valence-corrected chi connectivity index (χ1v) is 10.5. The summed E-state index contributed by atoms with van der Waals surface area (Å²) in [6, 6.07) is 15.0. The van der Waals surface area contributed by atoms with E-state index in [0.29, 0.717) is 11.1 Å². The second-order valence-electron chi connectivity index (χ2n) is 7.86. The minimum atomic E-state index is -4.95. The fraction of sp³-hybridized carbons (Fsp3) is 0.292. The first kappa shape index (κ1) is 25.0. The lowest BCUT2D eigenvalue weighted by Crippen LogP contribution is -2.54. The quantitative estimate of drug-likeness (QED) is 0.643. The van der Waals surface area contributed by atoms with Crippen LogP contribution < -0.4 is 5.32 Å². The molecule has 2 aromatic carbocycles. The highest BCUT2D eigenvalue weighted by atomic mass is 19.4. The molecule has 2 N–H and O–H groups in total. The van der Waals surface area contributed by atoms with Gasteiger partial charge >= 0.3 is 6.18 Å². The van der Waals surface area contributed by atoms with Crippen molar-refractivity contribution in [3.8, 4) is 0 Å². The van der Waals surface area contributed by atoms with E-state index in [-0.39, 0.29) is 24.6 Å². The average Bonchev–Trinajstić information content (AvgIpc) is 2.79. The molecule has 3 amide bonds. The van der Waals surface area contributed by atoms with Gasteiger partial charge in [-0.1, -0.05) is 60.7 Å². The van der Waals surface area contributed by atoms with E-state index in [0.717, 1.165) is 4.90 Å². The van der Waals surface area contributed by atoms with Gasteiger partial charge in [0.25, 0.3) is 0 Å². The van der Waals surface area contributed by atoms with Crippen molar-refractivity contribution in [1.29, 1.82) is 0 Å². The van der Waals surface area contributed by atoms with E-state index in [1.807, 2.05) is 0 Å². The molecule has 1 aliphatic rings. The predicted molar refractivity (Wildman–Crippen MR) is 118 cm³/mol. The fourth-order valence-corrected chi connectivity index (χ4v) is 3.58. The molecule has 2 unspecified atom stereocenters. The van der Waals surface area contributed by atoms with E-state index in [1.54, 1.807) is 60.7 Å². The molecule has 2 atom stereocenters. The Labute approximate surface area is 194 Å². The smallest absolute Gasteiger partial charge is 0.382 e. The third-order valence-corrected chi connectivity index (χ3v) is 5.31. The number of carbonyl (C=O) groups is 3. The summed E-state index contributed by atoms with van der Waals surface area (Å²) >= 11 is 0. The van der Waals surface area contributed by atoms with Crippen LogP contribution in [0.1, 0.15) is 18.1 Å². The third kappa shape index (κ3) is 6.22. The van der Waals surface area contributed by atoms with Crippen LogP contribution >= 0.6 is 0 Å². The van der Waals surface area contributed by atoms with E-state index >= 15 is 0 Å². The number of rotatable bonds is 7. The summed E-state index contributed by atoms with van der Waals surface area (Å²) in [6.45, 7) is 0.403. The number of carbonyl (C=O) groups excluding carboxylic acids is 3. The van der Waals surface area contributed by atoms with Crippen LogP contribution in [0.25, 0.3) is 5.70 Å². The maximum atomic E-state index is 13.3. The van der Waals surface area contributed by atoms with Gasteiger partial charge in [0, 0.05) is 13.1 Å².